The fourth-order valence-corrected chi connectivity index (χ4v) is 1.85. The SMILES string of the molecule is FC1(F)CCCC1CNC1CC1. The summed E-state index contributed by atoms with van der Waals surface area (Å²) in [6.45, 7) is 0.525. The van der Waals surface area contributed by atoms with E-state index in [1.165, 1.54) is 12.8 Å². The van der Waals surface area contributed by atoms with Crippen molar-refractivity contribution in [2.24, 2.45) is 5.92 Å². The van der Waals surface area contributed by atoms with Crippen LogP contribution in [0.1, 0.15) is 32.1 Å². The molecule has 2 aliphatic carbocycles. The van der Waals surface area contributed by atoms with E-state index in [0.717, 1.165) is 0 Å². The maximum absolute atomic E-state index is 13.0. The average molecular weight is 175 g/mol. The van der Waals surface area contributed by atoms with Gasteiger partial charge in [-0.1, -0.05) is 0 Å². The second-order valence-electron chi connectivity index (χ2n) is 4.03. The number of hydrogen-bond donors (Lipinski definition) is 1. The predicted octanol–water partition coefficient (Wildman–Crippen LogP) is 2.17. The number of hydrogen-bond acceptors (Lipinski definition) is 1. The Morgan fingerprint density at radius 2 is 2.00 bits per heavy atom. The Bertz CT molecular complexity index is 166. The molecule has 0 heterocycles. The molecule has 0 bridgehead atoms. The van der Waals surface area contributed by atoms with Crippen LogP contribution in [0.2, 0.25) is 0 Å². The highest BCUT2D eigenvalue weighted by Gasteiger charge is 2.43. The number of alkyl halides is 2. The van der Waals surface area contributed by atoms with Crippen molar-refractivity contribution in [3.8, 4) is 0 Å². The van der Waals surface area contributed by atoms with Crippen molar-refractivity contribution in [1.29, 1.82) is 0 Å². The second kappa shape index (κ2) is 2.95. The Kier molecular flexibility index (Phi) is 2.07. The molecule has 70 valence electrons. The van der Waals surface area contributed by atoms with Crippen LogP contribution in [0.25, 0.3) is 0 Å². The van der Waals surface area contributed by atoms with Crippen molar-refractivity contribution in [2.45, 2.75) is 44.1 Å². The summed E-state index contributed by atoms with van der Waals surface area (Å²) in [5.41, 5.74) is 0. The maximum Gasteiger partial charge on any atom is 0.252 e. The topological polar surface area (TPSA) is 12.0 Å². The number of halogens is 2. The normalized spacial score (nSPS) is 34.0. The van der Waals surface area contributed by atoms with Crippen molar-refractivity contribution in [1.82, 2.24) is 5.32 Å². The zero-order chi connectivity index (χ0) is 8.60. The monoisotopic (exact) mass is 175 g/mol. The molecule has 1 unspecified atom stereocenters. The highest BCUT2D eigenvalue weighted by Crippen LogP contribution is 2.40. The van der Waals surface area contributed by atoms with Gasteiger partial charge in [0.05, 0.1) is 0 Å². The molecular weight excluding hydrogens is 160 g/mol. The third kappa shape index (κ3) is 1.76. The molecule has 0 aromatic heterocycles. The maximum atomic E-state index is 13.0. The van der Waals surface area contributed by atoms with Crippen LogP contribution in [0.15, 0.2) is 0 Å². The highest BCUT2D eigenvalue weighted by molar-refractivity contribution is 4.88. The van der Waals surface area contributed by atoms with Crippen LogP contribution in [0, 0.1) is 5.92 Å². The van der Waals surface area contributed by atoms with Gasteiger partial charge >= 0.3 is 0 Å². The molecule has 3 heteroatoms. The van der Waals surface area contributed by atoms with Crippen LogP contribution >= 0.6 is 0 Å². The van der Waals surface area contributed by atoms with Gasteiger partial charge in [-0.05, 0) is 25.7 Å². The lowest BCUT2D eigenvalue weighted by molar-refractivity contribution is -0.0359. The van der Waals surface area contributed by atoms with Crippen molar-refractivity contribution >= 4 is 0 Å². The Morgan fingerprint density at radius 1 is 1.25 bits per heavy atom. The Balaban J connectivity index is 1.77. The summed E-state index contributed by atoms with van der Waals surface area (Å²) in [5, 5.41) is 3.17. The molecule has 1 N–H and O–H groups in total. The summed E-state index contributed by atoms with van der Waals surface area (Å²) in [6, 6.07) is 0.557. The smallest absolute Gasteiger partial charge is 0.252 e. The molecule has 0 radical (unpaired) electrons. The van der Waals surface area contributed by atoms with Gasteiger partial charge in [0.2, 0.25) is 0 Å². The van der Waals surface area contributed by atoms with E-state index in [2.05, 4.69) is 5.32 Å². The van der Waals surface area contributed by atoms with E-state index < -0.39 is 11.8 Å². The summed E-state index contributed by atoms with van der Waals surface area (Å²) in [5.74, 6) is -2.78. The second-order valence-corrected chi connectivity index (χ2v) is 4.03. The van der Waals surface area contributed by atoms with E-state index in [1.807, 2.05) is 0 Å². The van der Waals surface area contributed by atoms with Crippen LogP contribution in [-0.2, 0) is 0 Å². The molecule has 2 rings (SSSR count). The largest absolute Gasteiger partial charge is 0.313 e. The Morgan fingerprint density at radius 3 is 2.50 bits per heavy atom. The summed E-state index contributed by atoms with van der Waals surface area (Å²) in [4.78, 5) is 0. The summed E-state index contributed by atoms with van der Waals surface area (Å²) in [7, 11) is 0. The van der Waals surface area contributed by atoms with Gasteiger partial charge in [0.1, 0.15) is 0 Å². The zero-order valence-electron chi connectivity index (χ0n) is 7.15. The van der Waals surface area contributed by atoms with Gasteiger partial charge < -0.3 is 5.32 Å². The van der Waals surface area contributed by atoms with Gasteiger partial charge in [-0.3, -0.25) is 0 Å². The van der Waals surface area contributed by atoms with Gasteiger partial charge in [-0.2, -0.15) is 0 Å². The van der Waals surface area contributed by atoms with E-state index in [1.54, 1.807) is 0 Å². The third-order valence-corrected chi connectivity index (χ3v) is 2.89. The first-order chi connectivity index (χ1) is 5.68. The quantitative estimate of drug-likeness (QED) is 0.693. The van der Waals surface area contributed by atoms with Crippen LogP contribution in [0.3, 0.4) is 0 Å². The van der Waals surface area contributed by atoms with E-state index in [4.69, 9.17) is 0 Å². The molecule has 1 atom stereocenters. The summed E-state index contributed by atoms with van der Waals surface area (Å²) >= 11 is 0. The lowest BCUT2D eigenvalue weighted by atomic mass is 10.1. The average Bonchev–Trinajstić information content (AvgIpc) is 2.74. The summed E-state index contributed by atoms with van der Waals surface area (Å²) in [6.07, 6.45) is 3.86. The molecule has 2 saturated carbocycles. The molecule has 12 heavy (non-hydrogen) atoms. The van der Waals surface area contributed by atoms with Crippen molar-refractivity contribution in [2.75, 3.05) is 6.54 Å². The fraction of sp³-hybridized carbons (Fsp3) is 1.00. The minimum absolute atomic E-state index is 0.101. The minimum atomic E-state index is -2.39. The molecule has 0 saturated heterocycles. The van der Waals surface area contributed by atoms with Crippen LogP contribution in [-0.4, -0.2) is 18.5 Å². The van der Waals surface area contributed by atoms with E-state index in [0.29, 0.717) is 25.4 Å². The molecule has 1 nitrogen and oxygen atoms in total. The van der Waals surface area contributed by atoms with E-state index in [-0.39, 0.29) is 6.42 Å². The first-order valence-electron chi connectivity index (χ1n) is 4.80. The summed E-state index contributed by atoms with van der Waals surface area (Å²) < 4.78 is 26.1. The highest BCUT2D eigenvalue weighted by atomic mass is 19.3. The first kappa shape index (κ1) is 8.42. The molecular formula is C9H15F2N. The van der Waals surface area contributed by atoms with Gasteiger partial charge in [0, 0.05) is 24.9 Å². The molecule has 0 amide bonds. The van der Waals surface area contributed by atoms with E-state index >= 15 is 0 Å². The molecule has 0 aliphatic heterocycles. The zero-order valence-corrected chi connectivity index (χ0v) is 7.15. The van der Waals surface area contributed by atoms with Gasteiger partial charge in [0.25, 0.3) is 5.92 Å². The Labute approximate surface area is 71.5 Å². The van der Waals surface area contributed by atoms with Crippen LogP contribution in [0.4, 0.5) is 8.78 Å². The van der Waals surface area contributed by atoms with Crippen molar-refractivity contribution < 1.29 is 8.78 Å². The number of rotatable bonds is 3. The van der Waals surface area contributed by atoms with Crippen molar-refractivity contribution in [3.05, 3.63) is 0 Å². The van der Waals surface area contributed by atoms with Crippen LogP contribution < -0.4 is 5.32 Å². The molecule has 0 spiro atoms. The lowest BCUT2D eigenvalue weighted by Crippen LogP contribution is -2.33. The standard InChI is InChI=1S/C9H15F2N/c10-9(11)5-1-2-7(9)6-12-8-3-4-8/h7-8,12H,1-6H2. The van der Waals surface area contributed by atoms with E-state index in [9.17, 15) is 8.78 Å². The molecule has 0 aromatic rings. The fourth-order valence-electron chi connectivity index (χ4n) is 1.85. The lowest BCUT2D eigenvalue weighted by Gasteiger charge is -2.18. The van der Waals surface area contributed by atoms with Crippen LogP contribution in [0.5, 0.6) is 0 Å². The molecule has 0 aromatic carbocycles. The predicted molar refractivity (Wildman–Crippen MR) is 43.3 cm³/mol. The molecule has 2 fully saturated rings. The number of nitrogens with one attached hydrogen (secondary N) is 1. The van der Waals surface area contributed by atoms with Crippen molar-refractivity contribution in [3.63, 3.8) is 0 Å². The molecule has 2 aliphatic rings. The van der Waals surface area contributed by atoms with Gasteiger partial charge in [0.15, 0.2) is 0 Å². The Hall–Kier alpha value is -0.180. The van der Waals surface area contributed by atoms with Gasteiger partial charge in [-0.15, -0.1) is 0 Å². The first-order valence-corrected chi connectivity index (χ1v) is 4.80. The minimum Gasteiger partial charge on any atom is -0.313 e. The van der Waals surface area contributed by atoms with Gasteiger partial charge in [-0.25, -0.2) is 8.78 Å². The third-order valence-electron chi connectivity index (χ3n) is 2.89.